The van der Waals surface area contributed by atoms with Crippen LogP contribution in [0.25, 0.3) is 27.9 Å². The van der Waals surface area contributed by atoms with Gasteiger partial charge in [0.2, 0.25) is 0 Å². The lowest BCUT2D eigenvalue weighted by Gasteiger charge is -2.15. The molecule has 2 aromatic heterocycles. The molecule has 0 fully saturated rings. The van der Waals surface area contributed by atoms with Crippen LogP contribution in [0.4, 0.5) is 5.82 Å². The number of carbonyl (C=O) groups excluding carboxylic acids is 1. The zero-order valence-corrected chi connectivity index (χ0v) is 21.1. The van der Waals surface area contributed by atoms with E-state index >= 15 is 0 Å². The summed E-state index contributed by atoms with van der Waals surface area (Å²) in [7, 11) is 3.17. The summed E-state index contributed by atoms with van der Waals surface area (Å²) in [6.07, 6.45) is 1.64. The van der Waals surface area contributed by atoms with E-state index in [1.54, 1.807) is 37.0 Å². The number of rotatable bonds is 8. The number of hydrogen-bond acceptors (Lipinski definition) is 6. The summed E-state index contributed by atoms with van der Waals surface area (Å²) >= 11 is 0. The zero-order chi connectivity index (χ0) is 25.9. The summed E-state index contributed by atoms with van der Waals surface area (Å²) in [6.45, 7) is 1.99. The van der Waals surface area contributed by atoms with E-state index in [0.717, 1.165) is 12.8 Å². The number of para-hydroxylation sites is 2. The van der Waals surface area contributed by atoms with E-state index in [0.29, 0.717) is 39.4 Å². The van der Waals surface area contributed by atoms with E-state index < -0.39 is 0 Å². The number of nitrogen functional groups attached to an aromatic ring is 1. The fraction of sp³-hybridized carbons (Fsp3) is 0.207. The predicted octanol–water partition coefficient (Wildman–Crippen LogP) is 4.92. The third-order valence-electron chi connectivity index (χ3n) is 6.44. The summed E-state index contributed by atoms with van der Waals surface area (Å²) < 4.78 is 12.8. The van der Waals surface area contributed by atoms with E-state index in [-0.39, 0.29) is 23.3 Å². The zero-order valence-electron chi connectivity index (χ0n) is 21.1. The van der Waals surface area contributed by atoms with Gasteiger partial charge < -0.3 is 20.5 Å². The Bertz CT molecular complexity index is 1580. The number of benzene rings is 3. The molecule has 0 aliphatic heterocycles. The molecule has 0 aliphatic carbocycles. The molecule has 188 valence electrons. The molecule has 0 spiro atoms. The van der Waals surface area contributed by atoms with Gasteiger partial charge in [0.15, 0.2) is 5.65 Å². The first-order valence-electron chi connectivity index (χ1n) is 12.1. The van der Waals surface area contributed by atoms with Crippen LogP contribution in [-0.2, 0) is 6.42 Å². The minimum Gasteiger partial charge on any atom is -0.497 e. The largest absolute Gasteiger partial charge is 0.497 e. The second-order valence-electron chi connectivity index (χ2n) is 8.92. The predicted molar refractivity (Wildman–Crippen MR) is 146 cm³/mol. The van der Waals surface area contributed by atoms with Crippen LogP contribution in [0.2, 0.25) is 0 Å². The summed E-state index contributed by atoms with van der Waals surface area (Å²) in [5.41, 5.74) is 11.1. The molecule has 5 aromatic rings. The molecule has 3 aromatic carbocycles. The Morgan fingerprint density at radius 1 is 0.973 bits per heavy atom. The third kappa shape index (κ3) is 4.65. The highest BCUT2D eigenvalue weighted by Gasteiger charge is 2.27. The molecule has 5 rings (SSSR count). The first-order chi connectivity index (χ1) is 18.0. The first-order valence-corrected chi connectivity index (χ1v) is 12.1. The highest BCUT2D eigenvalue weighted by molar-refractivity contribution is 6.11. The van der Waals surface area contributed by atoms with Gasteiger partial charge in [-0.05, 0) is 49.6 Å². The van der Waals surface area contributed by atoms with Gasteiger partial charge >= 0.3 is 0 Å². The van der Waals surface area contributed by atoms with Gasteiger partial charge in [0, 0.05) is 12.1 Å². The molecule has 1 amide bonds. The summed E-state index contributed by atoms with van der Waals surface area (Å²) in [4.78, 5) is 23.3. The quantitative estimate of drug-likeness (QED) is 0.317. The second kappa shape index (κ2) is 10.2. The van der Waals surface area contributed by atoms with Crippen molar-refractivity contribution in [3.63, 3.8) is 0 Å². The summed E-state index contributed by atoms with van der Waals surface area (Å²) in [6, 6.07) is 23.0. The Kier molecular flexibility index (Phi) is 6.64. The Morgan fingerprint density at radius 3 is 2.38 bits per heavy atom. The van der Waals surface area contributed by atoms with Crippen molar-refractivity contribution < 1.29 is 14.3 Å². The number of hydrogen-bond donors (Lipinski definition) is 2. The van der Waals surface area contributed by atoms with E-state index in [9.17, 15) is 4.79 Å². The normalized spacial score (nSPS) is 12.0. The van der Waals surface area contributed by atoms with Gasteiger partial charge in [-0.3, -0.25) is 9.36 Å². The maximum Gasteiger partial charge on any atom is 0.257 e. The standard InChI is InChI=1S/C29H29N5O3/c1-18(13-14-19-9-5-4-6-10-19)31-29(35)25-26-28(33-22-12-8-7-11-21(22)32-26)34(27(25)30)23-17-20(36-2)15-16-24(23)37-3/h4-12,15-18H,13-14,30H2,1-3H3,(H,31,35)/t18-/m1/s1. The highest BCUT2D eigenvalue weighted by atomic mass is 16.5. The van der Waals surface area contributed by atoms with Crippen LogP contribution in [0.3, 0.4) is 0 Å². The minimum absolute atomic E-state index is 0.0784. The molecule has 0 aliphatic rings. The molecule has 37 heavy (non-hydrogen) atoms. The second-order valence-corrected chi connectivity index (χ2v) is 8.92. The number of nitrogens with zero attached hydrogens (tertiary/aromatic N) is 3. The van der Waals surface area contributed by atoms with Crippen molar-refractivity contribution in [2.75, 3.05) is 20.0 Å². The molecular formula is C29H29N5O3. The number of anilines is 1. The molecule has 0 unspecified atom stereocenters. The van der Waals surface area contributed by atoms with Crippen molar-refractivity contribution in [1.82, 2.24) is 19.9 Å². The number of amides is 1. The lowest BCUT2D eigenvalue weighted by Crippen LogP contribution is -2.33. The monoisotopic (exact) mass is 495 g/mol. The number of nitrogens with one attached hydrogen (secondary N) is 1. The molecule has 8 nitrogen and oxygen atoms in total. The lowest BCUT2D eigenvalue weighted by molar-refractivity contribution is 0.0941. The van der Waals surface area contributed by atoms with Crippen molar-refractivity contribution in [3.05, 3.63) is 83.9 Å². The van der Waals surface area contributed by atoms with E-state index in [2.05, 4.69) is 17.4 Å². The molecule has 3 N–H and O–H groups in total. The average molecular weight is 496 g/mol. The van der Waals surface area contributed by atoms with E-state index in [1.165, 1.54) is 5.56 Å². The fourth-order valence-electron chi connectivity index (χ4n) is 4.50. The fourth-order valence-corrected chi connectivity index (χ4v) is 4.50. The number of aromatic nitrogens is 3. The van der Waals surface area contributed by atoms with E-state index in [4.69, 9.17) is 25.2 Å². The first kappa shape index (κ1) is 24.1. The van der Waals surface area contributed by atoms with Crippen molar-refractivity contribution in [2.45, 2.75) is 25.8 Å². The number of fused-ring (bicyclic) bond motifs is 2. The van der Waals surface area contributed by atoms with Crippen molar-refractivity contribution in [2.24, 2.45) is 0 Å². The van der Waals surface area contributed by atoms with Gasteiger partial charge in [-0.25, -0.2) is 9.97 Å². The van der Waals surface area contributed by atoms with Crippen LogP contribution in [0.5, 0.6) is 11.5 Å². The molecule has 0 radical (unpaired) electrons. The Hall–Kier alpha value is -4.59. The molecule has 8 heteroatoms. The number of ether oxygens (including phenoxy) is 2. The molecule has 2 heterocycles. The third-order valence-corrected chi connectivity index (χ3v) is 6.44. The van der Waals surface area contributed by atoms with Gasteiger partial charge in [-0.1, -0.05) is 42.5 Å². The minimum atomic E-state index is -0.298. The maximum absolute atomic E-state index is 13.6. The molecule has 0 saturated heterocycles. The van der Waals surface area contributed by atoms with Crippen molar-refractivity contribution >= 4 is 33.9 Å². The number of carbonyl (C=O) groups is 1. The van der Waals surface area contributed by atoms with Gasteiger partial charge in [0.25, 0.3) is 5.91 Å². The molecule has 0 saturated carbocycles. The van der Waals surface area contributed by atoms with Crippen LogP contribution >= 0.6 is 0 Å². The van der Waals surface area contributed by atoms with Gasteiger partial charge in [0.05, 0.1) is 30.9 Å². The summed E-state index contributed by atoms with van der Waals surface area (Å²) in [5, 5.41) is 3.11. The van der Waals surface area contributed by atoms with Gasteiger partial charge in [0.1, 0.15) is 28.4 Å². The van der Waals surface area contributed by atoms with Crippen LogP contribution < -0.4 is 20.5 Å². The lowest BCUT2D eigenvalue weighted by atomic mass is 10.1. The van der Waals surface area contributed by atoms with Gasteiger partial charge in [-0.2, -0.15) is 0 Å². The van der Waals surface area contributed by atoms with Crippen molar-refractivity contribution in [1.29, 1.82) is 0 Å². The van der Waals surface area contributed by atoms with E-state index in [1.807, 2.05) is 49.4 Å². The van der Waals surface area contributed by atoms with Crippen LogP contribution in [0.1, 0.15) is 29.3 Å². The average Bonchev–Trinajstić information content (AvgIpc) is 3.21. The van der Waals surface area contributed by atoms with Crippen LogP contribution in [-0.4, -0.2) is 40.7 Å². The van der Waals surface area contributed by atoms with Gasteiger partial charge in [-0.15, -0.1) is 0 Å². The Labute approximate surface area is 215 Å². The van der Waals surface area contributed by atoms with Crippen molar-refractivity contribution in [3.8, 4) is 17.2 Å². The maximum atomic E-state index is 13.6. The van der Waals surface area contributed by atoms with Crippen LogP contribution in [0.15, 0.2) is 72.8 Å². The van der Waals surface area contributed by atoms with Crippen LogP contribution in [0, 0.1) is 0 Å². The SMILES string of the molecule is COc1ccc(OC)c(-n2c(N)c(C(=O)N[C@H](C)CCc3ccccc3)c3nc4ccccc4nc32)c1. The Morgan fingerprint density at radius 2 is 1.68 bits per heavy atom. The highest BCUT2D eigenvalue weighted by Crippen LogP contribution is 2.36. The molecule has 0 bridgehead atoms. The number of aryl methyl sites for hydroxylation is 1. The Balaban J connectivity index is 1.60. The molecular weight excluding hydrogens is 466 g/mol. The number of nitrogens with two attached hydrogens (primary N) is 1. The number of methoxy groups -OCH3 is 2. The molecule has 1 atom stereocenters. The smallest absolute Gasteiger partial charge is 0.257 e. The topological polar surface area (TPSA) is 104 Å². The summed E-state index contributed by atoms with van der Waals surface area (Å²) in [5.74, 6) is 1.10.